The van der Waals surface area contributed by atoms with Crippen molar-refractivity contribution < 1.29 is 28.8 Å². The van der Waals surface area contributed by atoms with E-state index in [-0.39, 0.29) is 17.4 Å². The quantitative estimate of drug-likeness (QED) is 0.569. The van der Waals surface area contributed by atoms with Gasteiger partial charge in [0.1, 0.15) is 6.10 Å². The van der Waals surface area contributed by atoms with Crippen molar-refractivity contribution in [3.8, 4) is 0 Å². The molecule has 136 valence electrons. The molecule has 7 heteroatoms. The molecule has 4 fully saturated rings. The van der Waals surface area contributed by atoms with E-state index in [9.17, 15) is 0 Å². The van der Waals surface area contributed by atoms with Gasteiger partial charge in [0.15, 0.2) is 0 Å². The van der Waals surface area contributed by atoms with Gasteiger partial charge in [-0.15, -0.1) is 11.6 Å². The molecule has 0 saturated carbocycles. The minimum Gasteiger partial charge on any atom is -0.396 e. The normalized spacial score (nSPS) is 31.3. The highest BCUT2D eigenvalue weighted by Gasteiger charge is 2.34. The molecule has 2 atom stereocenters. The molecule has 0 aromatic carbocycles. The second kappa shape index (κ2) is 8.94. The maximum Gasteiger partial charge on any atom is 0.104 e. The van der Waals surface area contributed by atoms with Crippen molar-refractivity contribution in [1.82, 2.24) is 0 Å². The molecule has 1 N–H and O–H groups in total. The summed E-state index contributed by atoms with van der Waals surface area (Å²) in [6, 6.07) is 0. The lowest BCUT2D eigenvalue weighted by Gasteiger charge is -2.37. The van der Waals surface area contributed by atoms with E-state index >= 15 is 0 Å². The van der Waals surface area contributed by atoms with Gasteiger partial charge >= 0.3 is 0 Å². The SMILES string of the molecule is CC1(CO)COC1.CC1(COCC2CO2)COC1.ClCC1CO1. The van der Waals surface area contributed by atoms with Crippen LogP contribution in [0.25, 0.3) is 0 Å². The molecule has 4 aliphatic rings. The van der Waals surface area contributed by atoms with Crippen molar-refractivity contribution in [3.63, 3.8) is 0 Å². The first-order valence-electron chi connectivity index (χ1n) is 8.12. The van der Waals surface area contributed by atoms with Crippen molar-refractivity contribution >= 4 is 11.6 Å². The Balaban J connectivity index is 0.000000137. The monoisotopic (exact) mass is 352 g/mol. The molecule has 2 unspecified atom stereocenters. The van der Waals surface area contributed by atoms with E-state index in [1.54, 1.807) is 0 Å². The highest BCUT2D eigenvalue weighted by molar-refractivity contribution is 6.18. The van der Waals surface area contributed by atoms with Gasteiger partial charge in [-0.3, -0.25) is 0 Å². The molecule has 4 rings (SSSR count). The van der Waals surface area contributed by atoms with Crippen LogP contribution in [-0.4, -0.2) is 82.7 Å². The first-order valence-corrected chi connectivity index (χ1v) is 8.65. The second-order valence-electron chi connectivity index (χ2n) is 7.35. The molecular weight excluding hydrogens is 324 g/mol. The Bertz CT molecular complexity index is 332. The summed E-state index contributed by atoms with van der Waals surface area (Å²) in [5.41, 5.74) is 0.384. The first-order chi connectivity index (χ1) is 11.0. The van der Waals surface area contributed by atoms with Crippen LogP contribution in [0.5, 0.6) is 0 Å². The Kier molecular flexibility index (Phi) is 7.54. The van der Waals surface area contributed by atoms with Gasteiger partial charge in [-0.2, -0.15) is 0 Å². The van der Waals surface area contributed by atoms with E-state index in [1.807, 2.05) is 6.92 Å². The third-order valence-electron chi connectivity index (χ3n) is 3.91. The highest BCUT2D eigenvalue weighted by Crippen LogP contribution is 2.27. The fourth-order valence-corrected chi connectivity index (χ4v) is 2.01. The molecule has 4 heterocycles. The van der Waals surface area contributed by atoms with Crippen LogP contribution in [0, 0.1) is 10.8 Å². The van der Waals surface area contributed by atoms with Crippen LogP contribution < -0.4 is 0 Å². The zero-order chi connectivity index (χ0) is 16.8. The average molecular weight is 353 g/mol. The summed E-state index contributed by atoms with van der Waals surface area (Å²) >= 11 is 5.27. The van der Waals surface area contributed by atoms with E-state index in [0.29, 0.717) is 18.1 Å². The summed E-state index contributed by atoms with van der Waals surface area (Å²) in [5.74, 6) is 0.667. The Hall–Kier alpha value is 0.0500. The predicted molar refractivity (Wildman–Crippen MR) is 86.0 cm³/mol. The molecule has 0 aromatic heterocycles. The summed E-state index contributed by atoms with van der Waals surface area (Å²) in [7, 11) is 0. The fraction of sp³-hybridized carbons (Fsp3) is 1.00. The molecule has 0 radical (unpaired) electrons. The number of rotatable bonds is 6. The number of alkyl halides is 1. The number of halogens is 1. The molecule has 0 bridgehead atoms. The number of hydrogen-bond acceptors (Lipinski definition) is 6. The molecule has 4 saturated heterocycles. The van der Waals surface area contributed by atoms with Gasteiger partial charge in [0.2, 0.25) is 0 Å². The lowest BCUT2D eigenvalue weighted by Crippen LogP contribution is -2.43. The zero-order valence-corrected chi connectivity index (χ0v) is 14.8. The van der Waals surface area contributed by atoms with Gasteiger partial charge < -0.3 is 28.8 Å². The molecule has 0 aliphatic carbocycles. The Morgan fingerprint density at radius 1 is 1.00 bits per heavy atom. The number of aliphatic hydroxyl groups excluding tert-OH is 1. The molecule has 6 nitrogen and oxygen atoms in total. The minimum absolute atomic E-state index is 0.0972. The molecule has 0 spiro atoms. The fourth-order valence-electron chi connectivity index (χ4n) is 1.83. The largest absolute Gasteiger partial charge is 0.396 e. The van der Waals surface area contributed by atoms with Crippen LogP contribution in [0.2, 0.25) is 0 Å². The third-order valence-corrected chi connectivity index (χ3v) is 4.26. The van der Waals surface area contributed by atoms with E-state index in [4.69, 9.17) is 40.4 Å². The number of hydrogen-bond donors (Lipinski definition) is 1. The van der Waals surface area contributed by atoms with Crippen molar-refractivity contribution in [2.75, 3.05) is 65.3 Å². The summed E-state index contributed by atoms with van der Waals surface area (Å²) in [6.07, 6.45) is 0.788. The molecule has 4 aliphatic heterocycles. The van der Waals surface area contributed by atoms with Crippen LogP contribution in [-0.2, 0) is 23.7 Å². The Morgan fingerprint density at radius 3 is 1.74 bits per heavy atom. The first kappa shape index (κ1) is 19.4. The standard InChI is InChI=1S/C8H14O3.C5H10O2.C3H5ClO/c1-8(5-10-6-8)4-9-2-7-3-11-7;1-5(2-6)3-7-4-5;4-1-3-2-5-3/h7H,2-6H2,1H3;6H,2-4H2,1H3;3H,1-2H2. The minimum atomic E-state index is 0.0972. The van der Waals surface area contributed by atoms with Crippen molar-refractivity contribution in [3.05, 3.63) is 0 Å². The van der Waals surface area contributed by atoms with Gasteiger partial charge in [0, 0.05) is 10.8 Å². The third kappa shape index (κ3) is 7.65. The zero-order valence-electron chi connectivity index (χ0n) is 14.1. The van der Waals surface area contributed by atoms with Crippen molar-refractivity contribution in [2.45, 2.75) is 26.1 Å². The lowest BCUT2D eigenvalue weighted by atomic mass is 9.90. The van der Waals surface area contributed by atoms with Crippen molar-refractivity contribution in [1.29, 1.82) is 0 Å². The Morgan fingerprint density at radius 2 is 1.52 bits per heavy atom. The van der Waals surface area contributed by atoms with Crippen LogP contribution >= 0.6 is 11.6 Å². The topological polar surface area (TPSA) is 73.0 Å². The average Bonchev–Trinajstić information content (AvgIpc) is 3.37. The summed E-state index contributed by atoms with van der Waals surface area (Å²) in [5, 5.41) is 8.57. The van der Waals surface area contributed by atoms with Gasteiger partial charge in [-0.25, -0.2) is 0 Å². The molecular formula is C16H29ClO6. The number of epoxide rings is 2. The van der Waals surface area contributed by atoms with Gasteiger partial charge in [-0.1, -0.05) is 13.8 Å². The second-order valence-corrected chi connectivity index (χ2v) is 7.65. The van der Waals surface area contributed by atoms with Crippen LogP contribution in [0.3, 0.4) is 0 Å². The Labute approximate surface area is 143 Å². The summed E-state index contributed by atoms with van der Waals surface area (Å²) in [4.78, 5) is 0. The summed E-state index contributed by atoms with van der Waals surface area (Å²) < 4.78 is 25.2. The molecule has 23 heavy (non-hydrogen) atoms. The van der Waals surface area contributed by atoms with Gasteiger partial charge in [0.05, 0.1) is 71.4 Å². The van der Waals surface area contributed by atoms with Crippen LogP contribution in [0.1, 0.15) is 13.8 Å². The van der Waals surface area contributed by atoms with Crippen LogP contribution in [0.4, 0.5) is 0 Å². The molecule has 0 amide bonds. The van der Waals surface area contributed by atoms with E-state index in [1.165, 1.54) is 0 Å². The van der Waals surface area contributed by atoms with Gasteiger partial charge in [0.25, 0.3) is 0 Å². The van der Waals surface area contributed by atoms with E-state index < -0.39 is 0 Å². The van der Waals surface area contributed by atoms with Gasteiger partial charge in [-0.05, 0) is 0 Å². The smallest absolute Gasteiger partial charge is 0.104 e. The maximum atomic E-state index is 8.57. The lowest BCUT2D eigenvalue weighted by molar-refractivity contribution is -0.138. The van der Waals surface area contributed by atoms with E-state index in [0.717, 1.165) is 52.9 Å². The van der Waals surface area contributed by atoms with Crippen molar-refractivity contribution in [2.24, 2.45) is 10.8 Å². The summed E-state index contributed by atoms with van der Waals surface area (Å²) in [6.45, 7) is 10.9. The predicted octanol–water partition coefficient (Wildman–Crippen LogP) is 1.08. The molecule has 0 aromatic rings. The van der Waals surface area contributed by atoms with Crippen LogP contribution in [0.15, 0.2) is 0 Å². The maximum absolute atomic E-state index is 8.57. The highest BCUT2D eigenvalue weighted by atomic mass is 35.5. The number of ether oxygens (including phenoxy) is 5. The number of aliphatic hydroxyl groups is 1. The van der Waals surface area contributed by atoms with E-state index in [2.05, 4.69) is 6.92 Å².